The maximum absolute atomic E-state index is 10.6. The second-order valence-corrected chi connectivity index (χ2v) is 2.98. The Balaban J connectivity index is 2.33. The fraction of sp³-hybridized carbons (Fsp3) is 0.500. The largest absolute Gasteiger partial charge is 0.329 e. The first kappa shape index (κ1) is 8.45. The van der Waals surface area contributed by atoms with Crippen molar-refractivity contribution in [2.45, 2.75) is 6.54 Å². The molecule has 0 radical (unpaired) electrons. The second kappa shape index (κ2) is 4.27. The summed E-state index contributed by atoms with van der Waals surface area (Å²) in [6.45, 7) is 2.09. The van der Waals surface area contributed by atoms with Crippen molar-refractivity contribution in [2.24, 2.45) is 5.73 Å². The van der Waals surface area contributed by atoms with Crippen molar-refractivity contribution in [1.29, 1.82) is 0 Å². The summed E-state index contributed by atoms with van der Waals surface area (Å²) >= 11 is 1.18. The van der Waals surface area contributed by atoms with Gasteiger partial charge >= 0.3 is 4.87 Å². The zero-order valence-corrected chi connectivity index (χ0v) is 6.91. The van der Waals surface area contributed by atoms with Crippen LogP contribution in [0.15, 0.2) is 10.2 Å². The van der Waals surface area contributed by atoms with Gasteiger partial charge in [-0.3, -0.25) is 4.79 Å². The van der Waals surface area contributed by atoms with Crippen molar-refractivity contribution in [1.82, 2.24) is 10.3 Å². The molecule has 0 saturated heterocycles. The number of H-pyrrole nitrogens is 1. The van der Waals surface area contributed by atoms with Gasteiger partial charge in [-0.25, -0.2) is 0 Å². The van der Waals surface area contributed by atoms with Crippen LogP contribution in [0, 0.1) is 0 Å². The average molecular weight is 173 g/mol. The predicted molar refractivity (Wildman–Crippen MR) is 45.7 cm³/mol. The summed E-state index contributed by atoms with van der Waals surface area (Å²) in [5.74, 6) is 0. The van der Waals surface area contributed by atoms with E-state index < -0.39 is 0 Å². The van der Waals surface area contributed by atoms with Crippen LogP contribution in [-0.4, -0.2) is 18.1 Å². The maximum Gasteiger partial charge on any atom is 0.304 e. The van der Waals surface area contributed by atoms with Gasteiger partial charge in [0.05, 0.1) is 0 Å². The number of nitrogens with one attached hydrogen (secondary N) is 2. The van der Waals surface area contributed by atoms with E-state index in [9.17, 15) is 4.79 Å². The van der Waals surface area contributed by atoms with Crippen LogP contribution in [0.4, 0.5) is 0 Å². The molecule has 1 heterocycles. The van der Waals surface area contributed by atoms with E-state index in [1.807, 2.05) is 5.38 Å². The molecule has 1 aromatic heterocycles. The molecule has 0 aromatic carbocycles. The first-order valence-electron chi connectivity index (χ1n) is 3.40. The second-order valence-electron chi connectivity index (χ2n) is 2.14. The van der Waals surface area contributed by atoms with Crippen molar-refractivity contribution in [2.75, 3.05) is 13.1 Å². The topological polar surface area (TPSA) is 70.9 Å². The molecule has 0 aliphatic rings. The van der Waals surface area contributed by atoms with Gasteiger partial charge in [-0.05, 0) is 0 Å². The molecule has 0 unspecified atom stereocenters. The third kappa shape index (κ3) is 2.83. The summed E-state index contributed by atoms with van der Waals surface area (Å²) in [7, 11) is 0. The average Bonchev–Trinajstić information content (AvgIpc) is 2.37. The van der Waals surface area contributed by atoms with Crippen molar-refractivity contribution in [3.8, 4) is 0 Å². The van der Waals surface area contributed by atoms with E-state index in [-0.39, 0.29) is 4.87 Å². The van der Waals surface area contributed by atoms with Crippen molar-refractivity contribution in [3.63, 3.8) is 0 Å². The van der Waals surface area contributed by atoms with Crippen LogP contribution in [0.1, 0.15) is 5.69 Å². The maximum atomic E-state index is 10.6. The number of aromatic amines is 1. The van der Waals surface area contributed by atoms with E-state index in [1.54, 1.807) is 0 Å². The van der Waals surface area contributed by atoms with Crippen molar-refractivity contribution >= 4 is 11.3 Å². The molecule has 1 aromatic rings. The van der Waals surface area contributed by atoms with E-state index in [4.69, 9.17) is 5.73 Å². The number of rotatable bonds is 4. The van der Waals surface area contributed by atoms with Crippen LogP contribution in [0.3, 0.4) is 0 Å². The third-order valence-corrected chi connectivity index (χ3v) is 1.93. The van der Waals surface area contributed by atoms with Crippen LogP contribution in [0.2, 0.25) is 0 Å². The Kier molecular flexibility index (Phi) is 3.28. The summed E-state index contributed by atoms with van der Waals surface area (Å²) in [5, 5.41) is 4.89. The molecule has 4 N–H and O–H groups in total. The van der Waals surface area contributed by atoms with Gasteiger partial charge in [-0.2, -0.15) is 0 Å². The van der Waals surface area contributed by atoms with Crippen molar-refractivity contribution < 1.29 is 0 Å². The van der Waals surface area contributed by atoms with Crippen LogP contribution >= 0.6 is 11.3 Å². The fourth-order valence-electron chi connectivity index (χ4n) is 0.726. The van der Waals surface area contributed by atoms with E-state index >= 15 is 0 Å². The minimum Gasteiger partial charge on any atom is -0.329 e. The zero-order valence-electron chi connectivity index (χ0n) is 6.09. The lowest BCUT2D eigenvalue weighted by Gasteiger charge is -1.97. The molecule has 0 atom stereocenters. The van der Waals surface area contributed by atoms with Gasteiger partial charge in [0.1, 0.15) is 0 Å². The summed E-state index contributed by atoms with van der Waals surface area (Å²) in [6.07, 6.45) is 0. The molecule has 0 saturated carbocycles. The lowest BCUT2D eigenvalue weighted by molar-refractivity contribution is 0.684. The first-order valence-corrected chi connectivity index (χ1v) is 4.28. The molecule has 1 rings (SSSR count). The van der Waals surface area contributed by atoms with Gasteiger partial charge < -0.3 is 16.0 Å². The molecule has 0 aliphatic carbocycles. The van der Waals surface area contributed by atoms with Gasteiger partial charge in [0.2, 0.25) is 0 Å². The quantitative estimate of drug-likeness (QED) is 0.537. The predicted octanol–water partition coefficient (Wildman–Crippen LogP) is -0.515. The van der Waals surface area contributed by atoms with Crippen LogP contribution in [0.5, 0.6) is 0 Å². The Morgan fingerprint density at radius 1 is 1.73 bits per heavy atom. The van der Waals surface area contributed by atoms with E-state index in [0.717, 1.165) is 12.2 Å². The smallest absolute Gasteiger partial charge is 0.304 e. The molecule has 0 spiro atoms. The summed E-state index contributed by atoms with van der Waals surface area (Å²) < 4.78 is 0. The van der Waals surface area contributed by atoms with Crippen LogP contribution in [0.25, 0.3) is 0 Å². The van der Waals surface area contributed by atoms with Gasteiger partial charge in [0, 0.05) is 30.7 Å². The molecule has 5 heteroatoms. The summed E-state index contributed by atoms with van der Waals surface area (Å²) in [4.78, 5) is 13.3. The van der Waals surface area contributed by atoms with Gasteiger partial charge in [-0.15, -0.1) is 0 Å². The zero-order chi connectivity index (χ0) is 8.10. The van der Waals surface area contributed by atoms with Gasteiger partial charge in [0.25, 0.3) is 0 Å². The Hall–Kier alpha value is -0.650. The number of aromatic nitrogens is 1. The molecule has 0 aliphatic heterocycles. The minimum atomic E-state index is -0.00505. The van der Waals surface area contributed by atoms with Crippen LogP contribution in [-0.2, 0) is 6.54 Å². The third-order valence-electron chi connectivity index (χ3n) is 1.21. The number of hydrogen-bond donors (Lipinski definition) is 3. The lowest BCUT2D eigenvalue weighted by Crippen LogP contribution is -2.22. The molecule has 4 nitrogen and oxygen atoms in total. The summed E-state index contributed by atoms with van der Waals surface area (Å²) in [5.41, 5.74) is 6.19. The van der Waals surface area contributed by atoms with Gasteiger partial charge in [0.15, 0.2) is 0 Å². The monoisotopic (exact) mass is 173 g/mol. The van der Waals surface area contributed by atoms with Crippen molar-refractivity contribution in [3.05, 3.63) is 20.7 Å². The Labute approximate surface area is 68.4 Å². The summed E-state index contributed by atoms with van der Waals surface area (Å²) in [6, 6.07) is 0. The Morgan fingerprint density at radius 3 is 3.09 bits per heavy atom. The highest BCUT2D eigenvalue weighted by atomic mass is 32.1. The van der Waals surface area contributed by atoms with E-state index in [2.05, 4.69) is 10.3 Å². The van der Waals surface area contributed by atoms with E-state index in [0.29, 0.717) is 13.1 Å². The number of thiazole rings is 1. The highest BCUT2D eigenvalue weighted by Gasteiger charge is 1.93. The molecular weight excluding hydrogens is 162 g/mol. The number of hydrogen-bond acceptors (Lipinski definition) is 4. The first-order chi connectivity index (χ1) is 5.33. The normalized spacial score (nSPS) is 10.3. The molecule has 0 amide bonds. The lowest BCUT2D eigenvalue weighted by atomic mass is 10.5. The molecule has 11 heavy (non-hydrogen) atoms. The Bertz CT molecular complexity index is 254. The fourth-order valence-corrected chi connectivity index (χ4v) is 1.31. The van der Waals surface area contributed by atoms with Gasteiger partial charge in [-0.1, -0.05) is 11.3 Å². The minimum absolute atomic E-state index is 0.00505. The molecule has 0 bridgehead atoms. The molecule has 62 valence electrons. The highest BCUT2D eigenvalue weighted by molar-refractivity contribution is 7.07. The Morgan fingerprint density at radius 2 is 2.55 bits per heavy atom. The SMILES string of the molecule is NCCNCc1csc(=O)[nH]1. The standard InChI is InChI=1S/C6H11N3OS/c7-1-2-8-3-5-4-11-6(10)9-5/h4,8H,1-3,7H2,(H,9,10). The molecular formula is C6H11N3OS. The highest BCUT2D eigenvalue weighted by Crippen LogP contribution is 1.93. The number of nitrogens with two attached hydrogens (primary N) is 1. The molecule has 0 fully saturated rings. The van der Waals surface area contributed by atoms with E-state index in [1.165, 1.54) is 11.3 Å². The van der Waals surface area contributed by atoms with Crippen LogP contribution < -0.4 is 15.9 Å².